The third-order valence-electron chi connectivity index (χ3n) is 3.82. The van der Waals surface area contributed by atoms with Crippen LogP contribution in [-0.4, -0.2) is 38.8 Å². The Morgan fingerprint density at radius 2 is 1.86 bits per heavy atom. The minimum atomic E-state index is -3.62. The Morgan fingerprint density at radius 3 is 2.52 bits per heavy atom. The van der Waals surface area contributed by atoms with Gasteiger partial charge >= 0.3 is 16.1 Å². The van der Waals surface area contributed by atoms with Crippen molar-refractivity contribution in [3.8, 4) is 11.5 Å². The average molecular weight is 421 g/mol. The Bertz CT molecular complexity index is 928. The van der Waals surface area contributed by atoms with Gasteiger partial charge in [-0.15, -0.1) is 0 Å². The fourth-order valence-electron chi connectivity index (χ4n) is 2.80. The summed E-state index contributed by atoms with van der Waals surface area (Å²) >= 11 is 0. The number of carbonyl (C=O) groups is 1. The van der Waals surface area contributed by atoms with Gasteiger partial charge in [-0.3, -0.25) is 0 Å². The Balaban J connectivity index is 2.19. The van der Waals surface area contributed by atoms with Gasteiger partial charge in [0.2, 0.25) is 0 Å². The van der Waals surface area contributed by atoms with Crippen LogP contribution in [0.25, 0.3) is 0 Å². The maximum Gasteiger partial charge on any atom is 0.322 e. The second kappa shape index (κ2) is 10.2. The lowest BCUT2D eigenvalue weighted by atomic mass is 10.1. The number of amides is 2. The zero-order valence-corrected chi connectivity index (χ0v) is 18.0. The standard InChI is InChI=1S/C21H28N2O5S/c1-5-27-20-12-7-6-11-19(20)22-21(24)23(14-16(2)3)15-17-9-8-10-18(13-17)28-29(4,25)26/h6-13,16H,5,14-15H2,1-4H3,(H,22,24). The highest BCUT2D eigenvalue weighted by Gasteiger charge is 2.18. The monoisotopic (exact) mass is 420 g/mol. The van der Waals surface area contributed by atoms with Crippen LogP contribution in [0, 0.1) is 5.92 Å². The van der Waals surface area contributed by atoms with E-state index in [1.165, 1.54) is 0 Å². The molecule has 0 aliphatic rings. The number of nitrogens with one attached hydrogen (secondary N) is 1. The van der Waals surface area contributed by atoms with Crippen LogP contribution >= 0.6 is 0 Å². The summed E-state index contributed by atoms with van der Waals surface area (Å²) in [6, 6.07) is 13.7. The number of anilines is 1. The first kappa shape index (κ1) is 22.5. The van der Waals surface area contributed by atoms with Crippen LogP contribution in [0.5, 0.6) is 11.5 Å². The van der Waals surface area contributed by atoms with E-state index in [0.717, 1.165) is 11.8 Å². The first-order valence-electron chi connectivity index (χ1n) is 9.44. The van der Waals surface area contributed by atoms with Gasteiger partial charge in [-0.2, -0.15) is 8.42 Å². The van der Waals surface area contributed by atoms with Crippen molar-refractivity contribution in [2.45, 2.75) is 27.3 Å². The summed E-state index contributed by atoms with van der Waals surface area (Å²) in [7, 11) is -3.62. The number of hydrogen-bond acceptors (Lipinski definition) is 5. The SMILES string of the molecule is CCOc1ccccc1NC(=O)N(Cc1cccc(OS(C)(=O)=O)c1)CC(C)C. The Labute approximate surface area is 172 Å². The number of carbonyl (C=O) groups excluding carboxylic acids is 1. The van der Waals surface area contributed by atoms with Gasteiger partial charge in [0.1, 0.15) is 11.5 Å². The van der Waals surface area contributed by atoms with E-state index in [1.807, 2.05) is 39.0 Å². The van der Waals surface area contributed by atoms with Gasteiger partial charge in [-0.1, -0.05) is 38.1 Å². The first-order chi connectivity index (χ1) is 13.7. The fourth-order valence-corrected chi connectivity index (χ4v) is 3.25. The molecule has 0 bridgehead atoms. The van der Waals surface area contributed by atoms with Crippen molar-refractivity contribution in [3.63, 3.8) is 0 Å². The van der Waals surface area contributed by atoms with Gasteiger partial charge in [0.15, 0.2) is 0 Å². The average Bonchev–Trinajstić information content (AvgIpc) is 2.61. The molecule has 0 atom stereocenters. The second-order valence-electron chi connectivity index (χ2n) is 7.07. The van der Waals surface area contributed by atoms with Crippen LogP contribution in [0.3, 0.4) is 0 Å². The zero-order valence-electron chi connectivity index (χ0n) is 17.2. The number of para-hydroxylation sites is 2. The fraction of sp³-hybridized carbons (Fsp3) is 0.381. The molecule has 2 aromatic rings. The molecule has 0 aliphatic carbocycles. The van der Waals surface area contributed by atoms with E-state index in [2.05, 4.69) is 5.32 Å². The summed E-state index contributed by atoms with van der Waals surface area (Å²) in [6.07, 6.45) is 0.994. The molecule has 0 fully saturated rings. The highest BCUT2D eigenvalue weighted by molar-refractivity contribution is 7.86. The summed E-state index contributed by atoms with van der Waals surface area (Å²) in [6.45, 7) is 7.27. The molecule has 0 unspecified atom stereocenters. The molecule has 158 valence electrons. The number of benzene rings is 2. The van der Waals surface area contributed by atoms with Crippen molar-refractivity contribution in [3.05, 3.63) is 54.1 Å². The number of nitrogens with zero attached hydrogens (tertiary/aromatic N) is 1. The highest BCUT2D eigenvalue weighted by atomic mass is 32.2. The summed E-state index contributed by atoms with van der Waals surface area (Å²) in [5, 5.41) is 2.91. The predicted molar refractivity (Wildman–Crippen MR) is 114 cm³/mol. The molecule has 2 rings (SSSR count). The first-order valence-corrected chi connectivity index (χ1v) is 11.3. The highest BCUT2D eigenvalue weighted by Crippen LogP contribution is 2.24. The van der Waals surface area contributed by atoms with Crippen LogP contribution < -0.4 is 14.2 Å². The van der Waals surface area contributed by atoms with Crippen molar-refractivity contribution < 1.29 is 22.1 Å². The van der Waals surface area contributed by atoms with Gasteiger partial charge in [-0.05, 0) is 42.7 Å². The third-order valence-corrected chi connectivity index (χ3v) is 4.32. The van der Waals surface area contributed by atoms with E-state index >= 15 is 0 Å². The summed E-state index contributed by atoms with van der Waals surface area (Å²) < 4.78 is 33.2. The number of rotatable bonds is 9. The molecule has 29 heavy (non-hydrogen) atoms. The largest absolute Gasteiger partial charge is 0.492 e. The lowest BCUT2D eigenvalue weighted by Gasteiger charge is -2.25. The predicted octanol–water partition coefficient (Wildman–Crippen LogP) is 4.11. The van der Waals surface area contributed by atoms with E-state index in [-0.39, 0.29) is 17.7 Å². The van der Waals surface area contributed by atoms with Crippen molar-refractivity contribution in [1.82, 2.24) is 4.90 Å². The third kappa shape index (κ3) is 7.65. The van der Waals surface area contributed by atoms with Gasteiger partial charge in [0.05, 0.1) is 18.6 Å². The van der Waals surface area contributed by atoms with Crippen LogP contribution in [0.2, 0.25) is 0 Å². The Hall–Kier alpha value is -2.74. The number of urea groups is 1. The van der Waals surface area contributed by atoms with E-state index in [9.17, 15) is 13.2 Å². The number of ether oxygens (including phenoxy) is 1. The van der Waals surface area contributed by atoms with Crippen molar-refractivity contribution >= 4 is 21.8 Å². The maximum atomic E-state index is 13.0. The summed E-state index contributed by atoms with van der Waals surface area (Å²) in [4.78, 5) is 14.6. The van der Waals surface area contributed by atoms with E-state index in [0.29, 0.717) is 31.1 Å². The molecule has 0 heterocycles. The molecule has 2 amide bonds. The molecule has 7 nitrogen and oxygen atoms in total. The van der Waals surface area contributed by atoms with Crippen LogP contribution in [0.1, 0.15) is 26.3 Å². The lowest BCUT2D eigenvalue weighted by molar-refractivity contribution is 0.201. The molecule has 2 aromatic carbocycles. The van der Waals surface area contributed by atoms with E-state index in [1.54, 1.807) is 35.2 Å². The maximum absolute atomic E-state index is 13.0. The second-order valence-corrected chi connectivity index (χ2v) is 8.64. The molecule has 0 aromatic heterocycles. The van der Waals surface area contributed by atoms with Gasteiger partial charge in [-0.25, -0.2) is 4.79 Å². The Kier molecular flexibility index (Phi) is 7.90. The minimum Gasteiger partial charge on any atom is -0.492 e. The van der Waals surface area contributed by atoms with Crippen LogP contribution in [-0.2, 0) is 16.7 Å². The Morgan fingerprint density at radius 1 is 1.14 bits per heavy atom. The van der Waals surface area contributed by atoms with Gasteiger partial charge < -0.3 is 19.1 Å². The molecular formula is C21H28N2O5S. The molecule has 8 heteroatoms. The molecule has 0 spiro atoms. The zero-order chi connectivity index (χ0) is 21.4. The molecule has 0 saturated heterocycles. The molecule has 0 radical (unpaired) electrons. The lowest BCUT2D eigenvalue weighted by Crippen LogP contribution is -2.37. The molecular weight excluding hydrogens is 392 g/mol. The molecule has 0 aliphatic heterocycles. The van der Waals surface area contributed by atoms with E-state index < -0.39 is 10.1 Å². The van der Waals surface area contributed by atoms with Crippen molar-refractivity contribution in [2.75, 3.05) is 24.7 Å². The van der Waals surface area contributed by atoms with Gasteiger partial charge in [0, 0.05) is 13.1 Å². The van der Waals surface area contributed by atoms with Crippen molar-refractivity contribution in [1.29, 1.82) is 0 Å². The normalized spacial score (nSPS) is 11.2. The summed E-state index contributed by atoms with van der Waals surface area (Å²) in [5.41, 5.74) is 1.36. The van der Waals surface area contributed by atoms with E-state index in [4.69, 9.17) is 8.92 Å². The van der Waals surface area contributed by atoms with Crippen molar-refractivity contribution in [2.24, 2.45) is 5.92 Å². The van der Waals surface area contributed by atoms with Gasteiger partial charge in [0.25, 0.3) is 0 Å². The smallest absolute Gasteiger partial charge is 0.322 e. The quantitative estimate of drug-likeness (QED) is 0.617. The number of hydrogen-bond donors (Lipinski definition) is 1. The molecule has 1 N–H and O–H groups in total. The van der Waals surface area contributed by atoms with Crippen LogP contribution in [0.4, 0.5) is 10.5 Å². The minimum absolute atomic E-state index is 0.219. The topological polar surface area (TPSA) is 84.9 Å². The summed E-state index contributed by atoms with van der Waals surface area (Å²) in [5.74, 6) is 1.08. The molecule has 0 saturated carbocycles. The van der Waals surface area contributed by atoms with Crippen LogP contribution in [0.15, 0.2) is 48.5 Å².